The number of hydrogen-bond acceptors (Lipinski definition) is 6. The van der Waals surface area contributed by atoms with Gasteiger partial charge in [-0.15, -0.1) is 0 Å². The summed E-state index contributed by atoms with van der Waals surface area (Å²) in [7, 11) is 1.60. The number of ether oxygens (including phenoxy) is 2. The Balaban J connectivity index is 4.43. The van der Waals surface area contributed by atoms with Crippen molar-refractivity contribution in [2.45, 2.75) is 142 Å². The second kappa shape index (κ2) is 37.6. The van der Waals surface area contributed by atoms with Crippen molar-refractivity contribution in [3.8, 4) is 0 Å². The fourth-order valence-corrected chi connectivity index (χ4v) is 5.72. The van der Waals surface area contributed by atoms with E-state index in [-0.39, 0.29) is 26.2 Å². The highest BCUT2D eigenvalue weighted by atomic mass is 31.2. The number of quaternary nitrogens is 1. The Morgan fingerprint density at radius 1 is 0.593 bits per heavy atom. The molecule has 0 spiro atoms. The average molecular weight is 777 g/mol. The van der Waals surface area contributed by atoms with Crippen LogP contribution in [0.1, 0.15) is 136 Å². The maximum absolute atomic E-state index is 12.6. The molecular formula is C45H79NO7P+. The van der Waals surface area contributed by atoms with Gasteiger partial charge in [0.25, 0.3) is 0 Å². The van der Waals surface area contributed by atoms with Crippen molar-refractivity contribution in [2.24, 2.45) is 0 Å². The molecule has 0 aliphatic rings. The molecule has 0 radical (unpaired) electrons. The fraction of sp³-hybridized carbons (Fsp3) is 0.667. The summed E-state index contributed by atoms with van der Waals surface area (Å²) >= 11 is 0. The van der Waals surface area contributed by atoms with Gasteiger partial charge in [0.1, 0.15) is 19.3 Å². The van der Waals surface area contributed by atoms with Crippen LogP contribution in [0.5, 0.6) is 0 Å². The quantitative estimate of drug-likeness (QED) is 0.0221. The van der Waals surface area contributed by atoms with Crippen molar-refractivity contribution < 1.29 is 37.3 Å². The molecule has 0 fully saturated rings. The summed E-state index contributed by atoms with van der Waals surface area (Å²) in [4.78, 5) is 22.8. The zero-order chi connectivity index (χ0) is 39.9. The van der Waals surface area contributed by atoms with Crippen molar-refractivity contribution in [3.05, 3.63) is 85.1 Å². The van der Waals surface area contributed by atoms with E-state index in [4.69, 9.17) is 18.5 Å². The van der Waals surface area contributed by atoms with Crippen LogP contribution in [-0.2, 0) is 27.9 Å². The number of rotatable bonds is 37. The van der Waals surface area contributed by atoms with Crippen LogP contribution in [-0.4, -0.2) is 75.6 Å². The van der Waals surface area contributed by atoms with E-state index in [1.54, 1.807) is 0 Å². The van der Waals surface area contributed by atoms with Gasteiger partial charge in [0, 0.05) is 13.0 Å². The van der Waals surface area contributed by atoms with E-state index < -0.39 is 19.9 Å². The van der Waals surface area contributed by atoms with E-state index in [1.807, 2.05) is 33.3 Å². The molecule has 0 rings (SSSR count). The Bertz CT molecular complexity index is 1130. The molecule has 0 aromatic rings. The molecule has 8 nitrogen and oxygen atoms in total. The van der Waals surface area contributed by atoms with E-state index in [0.717, 1.165) is 57.8 Å². The number of phosphoric acid groups is 1. The number of esters is 1. The first kappa shape index (κ1) is 51.7. The molecule has 310 valence electrons. The third-order valence-electron chi connectivity index (χ3n) is 8.20. The zero-order valence-electron chi connectivity index (χ0n) is 34.9. The van der Waals surface area contributed by atoms with Gasteiger partial charge in [-0.1, -0.05) is 137 Å². The second-order valence-electron chi connectivity index (χ2n) is 14.6. The fourth-order valence-electron chi connectivity index (χ4n) is 4.98. The lowest BCUT2D eigenvalue weighted by molar-refractivity contribution is -0.870. The van der Waals surface area contributed by atoms with Crippen molar-refractivity contribution in [3.63, 3.8) is 0 Å². The summed E-state index contributed by atoms with van der Waals surface area (Å²) in [6, 6.07) is 0. The lowest BCUT2D eigenvalue weighted by Gasteiger charge is -2.24. The molecule has 2 unspecified atom stereocenters. The molecule has 0 aromatic heterocycles. The summed E-state index contributed by atoms with van der Waals surface area (Å²) in [6.45, 7) is 5.34. The Kier molecular flexibility index (Phi) is 36.0. The molecule has 0 saturated carbocycles. The predicted octanol–water partition coefficient (Wildman–Crippen LogP) is 12.1. The maximum Gasteiger partial charge on any atom is 0.472 e. The number of carbonyl (C=O) groups is 1. The van der Waals surface area contributed by atoms with Crippen LogP contribution in [0.15, 0.2) is 85.1 Å². The van der Waals surface area contributed by atoms with Crippen LogP contribution in [0.3, 0.4) is 0 Å². The Hall–Kier alpha value is -2.32. The third kappa shape index (κ3) is 40.9. The highest BCUT2D eigenvalue weighted by molar-refractivity contribution is 7.47. The Morgan fingerprint density at radius 2 is 1.07 bits per heavy atom. The number of carbonyl (C=O) groups excluding carboxylic acids is 1. The number of unbranched alkanes of at least 4 members (excludes halogenated alkanes) is 9. The minimum Gasteiger partial charge on any atom is -0.457 e. The van der Waals surface area contributed by atoms with E-state index in [1.165, 1.54) is 51.4 Å². The molecule has 0 bridgehead atoms. The zero-order valence-corrected chi connectivity index (χ0v) is 35.8. The van der Waals surface area contributed by atoms with Crippen LogP contribution >= 0.6 is 7.82 Å². The molecule has 0 heterocycles. The first-order valence-electron chi connectivity index (χ1n) is 20.8. The van der Waals surface area contributed by atoms with Crippen LogP contribution in [0.2, 0.25) is 0 Å². The van der Waals surface area contributed by atoms with Crippen molar-refractivity contribution in [2.75, 3.05) is 54.1 Å². The van der Waals surface area contributed by atoms with Crippen LogP contribution in [0.4, 0.5) is 0 Å². The van der Waals surface area contributed by atoms with Gasteiger partial charge in [0.2, 0.25) is 0 Å². The molecule has 0 aromatic carbocycles. The van der Waals surface area contributed by atoms with Gasteiger partial charge in [0.15, 0.2) is 0 Å². The second-order valence-corrected chi connectivity index (χ2v) is 16.1. The molecule has 9 heteroatoms. The summed E-state index contributed by atoms with van der Waals surface area (Å²) in [6.07, 6.45) is 49.2. The normalized spacial score (nSPS) is 14.7. The van der Waals surface area contributed by atoms with Crippen molar-refractivity contribution in [1.29, 1.82) is 0 Å². The van der Waals surface area contributed by atoms with Gasteiger partial charge in [-0.05, 0) is 77.0 Å². The van der Waals surface area contributed by atoms with Crippen LogP contribution < -0.4 is 0 Å². The molecule has 0 amide bonds. The van der Waals surface area contributed by atoms with E-state index in [0.29, 0.717) is 24.1 Å². The topological polar surface area (TPSA) is 91.3 Å². The largest absolute Gasteiger partial charge is 0.472 e. The number of allylic oxidation sites excluding steroid dienone is 14. The van der Waals surface area contributed by atoms with Gasteiger partial charge in [-0.2, -0.15) is 0 Å². The molecule has 0 aliphatic heterocycles. The van der Waals surface area contributed by atoms with Crippen LogP contribution in [0, 0.1) is 0 Å². The Morgan fingerprint density at radius 3 is 1.61 bits per heavy atom. The SMILES string of the molecule is CC/C=C\C/C=C\C/C=C\C/C=C\C/C=C\C/C=C\CCC(=O)OC(COCCCCCCCC/C=C\CCCCC)COP(=O)(O)OCC[N+](C)(C)C. The van der Waals surface area contributed by atoms with Gasteiger partial charge < -0.3 is 18.9 Å². The summed E-state index contributed by atoms with van der Waals surface area (Å²) in [5, 5.41) is 0. The van der Waals surface area contributed by atoms with Gasteiger partial charge in [-0.3, -0.25) is 13.8 Å². The minimum atomic E-state index is -4.30. The van der Waals surface area contributed by atoms with E-state index >= 15 is 0 Å². The molecular weight excluding hydrogens is 697 g/mol. The highest BCUT2D eigenvalue weighted by Gasteiger charge is 2.26. The average Bonchev–Trinajstić information content (AvgIpc) is 3.12. The monoisotopic (exact) mass is 777 g/mol. The lowest BCUT2D eigenvalue weighted by Crippen LogP contribution is -2.37. The molecule has 2 atom stereocenters. The third-order valence-corrected chi connectivity index (χ3v) is 9.19. The summed E-state index contributed by atoms with van der Waals surface area (Å²) < 4.78 is 34.8. The predicted molar refractivity (Wildman–Crippen MR) is 228 cm³/mol. The highest BCUT2D eigenvalue weighted by Crippen LogP contribution is 2.43. The summed E-state index contributed by atoms with van der Waals surface area (Å²) in [5.74, 6) is -0.402. The van der Waals surface area contributed by atoms with E-state index in [2.05, 4.69) is 86.8 Å². The molecule has 54 heavy (non-hydrogen) atoms. The molecule has 0 saturated heterocycles. The Labute approximate surface area is 331 Å². The van der Waals surface area contributed by atoms with Gasteiger partial charge >= 0.3 is 13.8 Å². The first-order chi connectivity index (χ1) is 26.1. The number of hydrogen-bond donors (Lipinski definition) is 1. The lowest BCUT2D eigenvalue weighted by atomic mass is 10.1. The minimum absolute atomic E-state index is 0.0694. The number of phosphoric ester groups is 1. The molecule has 1 N–H and O–H groups in total. The number of nitrogens with zero attached hydrogens (tertiary/aromatic N) is 1. The van der Waals surface area contributed by atoms with Gasteiger partial charge in [0.05, 0.1) is 34.4 Å². The van der Waals surface area contributed by atoms with Crippen LogP contribution in [0.25, 0.3) is 0 Å². The maximum atomic E-state index is 12.6. The first-order valence-corrected chi connectivity index (χ1v) is 22.3. The number of likely N-dealkylation sites (N-methyl/N-ethyl adjacent to an activating group) is 1. The van der Waals surface area contributed by atoms with Gasteiger partial charge in [-0.25, -0.2) is 4.57 Å². The molecule has 0 aliphatic carbocycles. The summed E-state index contributed by atoms with van der Waals surface area (Å²) in [5.41, 5.74) is 0. The standard InChI is InChI=1S/C45H78NO7P/c1-6-8-10-12-14-16-18-20-21-22-23-24-25-26-28-30-32-34-36-38-45(47)53-44(43-52-54(48,49)51-41-39-46(3,4)5)42-50-40-37-35-33-31-29-27-19-17-15-13-11-9-7-2/h8,10,14-17,20-21,23-24,26,28,32,34,44H,6-7,9,11-13,18-19,22,25,27,29-31,33,35-43H2,1-5H3/p+1/b10-8-,16-14-,17-15-,21-20-,24-23-,28-26-,34-32-. The van der Waals surface area contributed by atoms with Crippen molar-refractivity contribution in [1.82, 2.24) is 0 Å². The smallest absolute Gasteiger partial charge is 0.457 e. The van der Waals surface area contributed by atoms with E-state index in [9.17, 15) is 14.3 Å². The van der Waals surface area contributed by atoms with Crippen molar-refractivity contribution >= 4 is 13.8 Å².